The van der Waals surface area contributed by atoms with Crippen LogP contribution < -0.4 is 10.1 Å². The van der Waals surface area contributed by atoms with Crippen molar-refractivity contribution >= 4 is 22.7 Å². The molecule has 0 amide bonds. The van der Waals surface area contributed by atoms with Crippen molar-refractivity contribution in [3.63, 3.8) is 0 Å². The van der Waals surface area contributed by atoms with Crippen LogP contribution in [-0.4, -0.2) is 14.5 Å². The Morgan fingerprint density at radius 1 is 0.963 bits per heavy atom. The zero-order chi connectivity index (χ0) is 18.8. The summed E-state index contributed by atoms with van der Waals surface area (Å²) in [5.41, 5.74) is 4.26. The third-order valence-corrected chi connectivity index (χ3v) is 4.55. The molecular formula is C22H22N4O. The van der Waals surface area contributed by atoms with Crippen LogP contribution in [0, 0.1) is 0 Å². The van der Waals surface area contributed by atoms with Gasteiger partial charge in [-0.2, -0.15) is 0 Å². The van der Waals surface area contributed by atoms with Gasteiger partial charge in [0.15, 0.2) is 0 Å². The zero-order valence-corrected chi connectivity index (χ0v) is 15.7. The molecule has 2 aromatic heterocycles. The summed E-state index contributed by atoms with van der Waals surface area (Å²) in [5, 5.41) is 3.43. The Balaban J connectivity index is 1.62. The van der Waals surface area contributed by atoms with Crippen LogP contribution >= 0.6 is 0 Å². The Morgan fingerprint density at radius 3 is 2.56 bits per heavy atom. The summed E-state index contributed by atoms with van der Waals surface area (Å²) in [6.07, 6.45) is 3.42. The van der Waals surface area contributed by atoms with Gasteiger partial charge in [-0.15, -0.1) is 0 Å². The van der Waals surface area contributed by atoms with Gasteiger partial charge in [-0.25, -0.2) is 4.98 Å². The molecule has 5 heteroatoms. The normalized spacial score (nSPS) is 11.1. The molecule has 0 aliphatic carbocycles. The molecule has 0 aliphatic rings. The standard InChI is InChI=1S/C22H22N4O/c1-15(2)16-5-4-6-17(13-16)24-22-25-20-14-19(7-8-21(20)26(22)3)27-18-9-11-23-12-10-18/h4-15H,1-3H3,(H,24,25). The van der Waals surface area contributed by atoms with Gasteiger partial charge >= 0.3 is 0 Å². The van der Waals surface area contributed by atoms with Gasteiger partial charge in [0, 0.05) is 31.2 Å². The average Bonchev–Trinajstić information content (AvgIpc) is 2.98. The second kappa shape index (κ2) is 7.11. The van der Waals surface area contributed by atoms with E-state index in [1.54, 1.807) is 12.4 Å². The van der Waals surface area contributed by atoms with Crippen LogP contribution in [0.25, 0.3) is 11.0 Å². The van der Waals surface area contributed by atoms with Crippen LogP contribution in [-0.2, 0) is 7.05 Å². The van der Waals surface area contributed by atoms with Crippen LogP contribution in [0.2, 0.25) is 0 Å². The number of rotatable bonds is 5. The summed E-state index contributed by atoms with van der Waals surface area (Å²) in [6.45, 7) is 4.39. The Kier molecular flexibility index (Phi) is 4.50. The van der Waals surface area contributed by atoms with Gasteiger partial charge in [-0.05, 0) is 47.9 Å². The van der Waals surface area contributed by atoms with Crippen molar-refractivity contribution in [3.8, 4) is 11.5 Å². The third-order valence-electron chi connectivity index (χ3n) is 4.55. The van der Waals surface area contributed by atoms with E-state index in [1.807, 2.05) is 41.9 Å². The molecule has 0 radical (unpaired) electrons. The smallest absolute Gasteiger partial charge is 0.208 e. The SMILES string of the molecule is CC(C)c1cccc(Nc2nc3cc(Oc4ccncc4)ccc3n2C)c1. The van der Waals surface area contributed by atoms with Gasteiger partial charge in [0.25, 0.3) is 0 Å². The Labute approximate surface area is 158 Å². The van der Waals surface area contributed by atoms with Gasteiger partial charge in [-0.3, -0.25) is 4.98 Å². The number of benzene rings is 2. The van der Waals surface area contributed by atoms with E-state index in [4.69, 9.17) is 9.72 Å². The van der Waals surface area contributed by atoms with Gasteiger partial charge in [-0.1, -0.05) is 26.0 Å². The van der Waals surface area contributed by atoms with Crippen LogP contribution in [0.3, 0.4) is 0 Å². The summed E-state index contributed by atoms with van der Waals surface area (Å²) in [4.78, 5) is 8.75. The van der Waals surface area contributed by atoms with Crippen molar-refractivity contribution in [1.82, 2.24) is 14.5 Å². The number of hydrogen-bond acceptors (Lipinski definition) is 4. The van der Waals surface area contributed by atoms with Crippen molar-refractivity contribution in [3.05, 3.63) is 72.6 Å². The fraction of sp³-hybridized carbons (Fsp3) is 0.182. The number of fused-ring (bicyclic) bond motifs is 1. The van der Waals surface area contributed by atoms with E-state index in [-0.39, 0.29) is 0 Å². The number of hydrogen-bond donors (Lipinski definition) is 1. The van der Waals surface area contributed by atoms with Crippen molar-refractivity contribution in [2.24, 2.45) is 7.05 Å². The van der Waals surface area contributed by atoms with Crippen LogP contribution in [0.15, 0.2) is 67.0 Å². The van der Waals surface area contributed by atoms with Gasteiger partial charge < -0.3 is 14.6 Å². The molecule has 2 aromatic carbocycles. The van der Waals surface area contributed by atoms with Gasteiger partial charge in [0.05, 0.1) is 11.0 Å². The molecule has 0 saturated heterocycles. The fourth-order valence-electron chi connectivity index (χ4n) is 3.00. The Hall–Kier alpha value is -3.34. The van der Waals surface area contributed by atoms with E-state index in [0.29, 0.717) is 5.92 Å². The van der Waals surface area contributed by atoms with Crippen LogP contribution in [0.1, 0.15) is 25.3 Å². The monoisotopic (exact) mass is 358 g/mol. The van der Waals surface area contributed by atoms with Gasteiger partial charge in [0.1, 0.15) is 11.5 Å². The van der Waals surface area contributed by atoms with E-state index >= 15 is 0 Å². The summed E-state index contributed by atoms with van der Waals surface area (Å²) in [6, 6.07) is 18.0. The maximum atomic E-state index is 5.89. The minimum Gasteiger partial charge on any atom is -0.457 e. The summed E-state index contributed by atoms with van der Waals surface area (Å²) >= 11 is 0. The van der Waals surface area contributed by atoms with Crippen molar-refractivity contribution in [1.29, 1.82) is 0 Å². The van der Waals surface area contributed by atoms with E-state index in [2.05, 4.69) is 48.4 Å². The highest BCUT2D eigenvalue weighted by molar-refractivity contribution is 5.81. The van der Waals surface area contributed by atoms with Crippen LogP contribution in [0.4, 0.5) is 11.6 Å². The number of imidazole rings is 1. The third kappa shape index (κ3) is 3.62. The lowest BCUT2D eigenvalue weighted by molar-refractivity contribution is 0.482. The molecule has 136 valence electrons. The Morgan fingerprint density at radius 2 is 1.78 bits per heavy atom. The highest BCUT2D eigenvalue weighted by Gasteiger charge is 2.10. The summed E-state index contributed by atoms with van der Waals surface area (Å²) < 4.78 is 7.94. The maximum absolute atomic E-state index is 5.89. The average molecular weight is 358 g/mol. The lowest BCUT2D eigenvalue weighted by atomic mass is 10.0. The van der Waals surface area contributed by atoms with Crippen molar-refractivity contribution in [2.75, 3.05) is 5.32 Å². The number of nitrogens with zero attached hydrogens (tertiary/aromatic N) is 3. The van der Waals surface area contributed by atoms with Crippen molar-refractivity contribution < 1.29 is 4.74 Å². The lowest BCUT2D eigenvalue weighted by Crippen LogP contribution is -1.99. The largest absolute Gasteiger partial charge is 0.457 e. The van der Waals surface area contributed by atoms with E-state index in [0.717, 1.165) is 34.2 Å². The lowest BCUT2D eigenvalue weighted by Gasteiger charge is -2.10. The molecule has 0 aliphatic heterocycles. The minimum absolute atomic E-state index is 0.486. The molecule has 0 fully saturated rings. The molecule has 0 spiro atoms. The topological polar surface area (TPSA) is 52.0 Å². The van der Waals surface area contributed by atoms with Crippen molar-refractivity contribution in [2.45, 2.75) is 19.8 Å². The quantitative estimate of drug-likeness (QED) is 0.502. The highest BCUT2D eigenvalue weighted by Crippen LogP contribution is 2.28. The molecule has 1 N–H and O–H groups in total. The summed E-state index contributed by atoms with van der Waals surface area (Å²) in [5.74, 6) is 2.79. The molecule has 0 atom stereocenters. The predicted molar refractivity (Wildman–Crippen MR) is 109 cm³/mol. The predicted octanol–water partition coefficient (Wildman–Crippen LogP) is 5.63. The molecule has 2 heterocycles. The van der Waals surface area contributed by atoms with E-state index in [9.17, 15) is 0 Å². The number of pyridine rings is 1. The minimum atomic E-state index is 0.486. The number of ether oxygens (including phenoxy) is 1. The molecule has 5 nitrogen and oxygen atoms in total. The number of aryl methyl sites for hydroxylation is 1. The van der Waals surface area contributed by atoms with Gasteiger partial charge in [0.2, 0.25) is 5.95 Å². The first-order chi connectivity index (χ1) is 13.1. The maximum Gasteiger partial charge on any atom is 0.208 e. The molecule has 0 saturated carbocycles. The highest BCUT2D eigenvalue weighted by atomic mass is 16.5. The Bertz CT molecular complexity index is 1070. The van der Waals surface area contributed by atoms with Crippen LogP contribution in [0.5, 0.6) is 11.5 Å². The first-order valence-electron chi connectivity index (χ1n) is 9.01. The van der Waals surface area contributed by atoms with E-state index in [1.165, 1.54) is 5.56 Å². The molecular weight excluding hydrogens is 336 g/mol. The number of aromatic nitrogens is 3. The number of nitrogens with one attached hydrogen (secondary N) is 1. The second-order valence-electron chi connectivity index (χ2n) is 6.84. The molecule has 27 heavy (non-hydrogen) atoms. The second-order valence-corrected chi connectivity index (χ2v) is 6.84. The molecule has 0 unspecified atom stereocenters. The zero-order valence-electron chi connectivity index (χ0n) is 15.7. The molecule has 4 aromatic rings. The van der Waals surface area contributed by atoms with E-state index < -0.39 is 0 Å². The first-order valence-corrected chi connectivity index (χ1v) is 9.01. The first kappa shape index (κ1) is 17.1. The molecule has 0 bridgehead atoms. The summed E-state index contributed by atoms with van der Waals surface area (Å²) in [7, 11) is 2.01. The number of anilines is 2. The molecule has 4 rings (SSSR count). The fourth-order valence-corrected chi connectivity index (χ4v) is 3.00.